The molecule has 0 aromatic heterocycles. The molecule has 0 atom stereocenters. The molecule has 20 heavy (non-hydrogen) atoms. The first-order chi connectivity index (χ1) is 9.62. The summed E-state index contributed by atoms with van der Waals surface area (Å²) in [5.41, 5.74) is 0. The first kappa shape index (κ1) is 17.0. The van der Waals surface area contributed by atoms with Gasteiger partial charge in [-0.1, -0.05) is 0 Å². The van der Waals surface area contributed by atoms with Gasteiger partial charge in [0.15, 0.2) is 0 Å². The van der Waals surface area contributed by atoms with E-state index in [1.807, 2.05) is 25.8 Å². The molecule has 0 radical (unpaired) electrons. The van der Waals surface area contributed by atoms with Gasteiger partial charge in [-0.3, -0.25) is 9.59 Å². The molecule has 5 nitrogen and oxygen atoms in total. The smallest absolute Gasteiger partial charge is 0.223 e. The minimum Gasteiger partial charge on any atom is -0.343 e. The second-order valence-corrected chi connectivity index (χ2v) is 5.45. The number of nitrogens with zero attached hydrogens (tertiary/aromatic N) is 2. The third-order valence-corrected chi connectivity index (χ3v) is 4.13. The minimum absolute atomic E-state index is 0.0911. The molecule has 1 fully saturated rings. The molecule has 0 aliphatic carbocycles. The summed E-state index contributed by atoms with van der Waals surface area (Å²) in [5, 5.41) is 3.19. The summed E-state index contributed by atoms with van der Waals surface area (Å²) < 4.78 is 0. The van der Waals surface area contributed by atoms with Crippen LogP contribution in [0.2, 0.25) is 0 Å². The third kappa shape index (κ3) is 5.12. The first-order valence-electron chi connectivity index (χ1n) is 7.82. The van der Waals surface area contributed by atoms with Crippen LogP contribution in [0.1, 0.15) is 39.5 Å². The van der Waals surface area contributed by atoms with Gasteiger partial charge in [-0.15, -0.1) is 0 Å². The number of hydrogen-bond acceptors (Lipinski definition) is 3. The molecule has 116 valence electrons. The zero-order chi connectivity index (χ0) is 15.0. The van der Waals surface area contributed by atoms with Gasteiger partial charge < -0.3 is 15.1 Å². The van der Waals surface area contributed by atoms with Gasteiger partial charge in [0.25, 0.3) is 0 Å². The number of carbonyl (C=O) groups excluding carboxylic acids is 2. The monoisotopic (exact) mass is 283 g/mol. The van der Waals surface area contributed by atoms with Crippen LogP contribution in [0.3, 0.4) is 0 Å². The van der Waals surface area contributed by atoms with E-state index in [1.54, 1.807) is 4.90 Å². The molecule has 0 saturated carbocycles. The molecule has 0 aromatic rings. The Balaban J connectivity index is 2.28. The Labute approximate surface area is 122 Å². The zero-order valence-electron chi connectivity index (χ0n) is 13.2. The predicted octanol–water partition coefficient (Wildman–Crippen LogP) is 1.09. The molecule has 1 aliphatic heterocycles. The molecule has 2 amide bonds. The van der Waals surface area contributed by atoms with Crippen LogP contribution >= 0.6 is 0 Å². The molecular weight excluding hydrogens is 254 g/mol. The number of rotatable bonds is 7. The van der Waals surface area contributed by atoms with E-state index in [2.05, 4.69) is 5.32 Å². The van der Waals surface area contributed by atoms with Crippen molar-refractivity contribution >= 4 is 11.8 Å². The third-order valence-electron chi connectivity index (χ3n) is 4.13. The van der Waals surface area contributed by atoms with E-state index in [0.29, 0.717) is 18.8 Å². The number of nitrogens with one attached hydrogen (secondary N) is 1. The molecule has 1 heterocycles. The normalized spacial score (nSPS) is 16.2. The van der Waals surface area contributed by atoms with E-state index >= 15 is 0 Å². The Morgan fingerprint density at radius 2 is 1.75 bits per heavy atom. The summed E-state index contributed by atoms with van der Waals surface area (Å²) in [6.07, 6.45) is 2.83. The molecule has 5 heteroatoms. The summed E-state index contributed by atoms with van der Waals surface area (Å²) in [4.78, 5) is 27.7. The number of piperidine rings is 1. The van der Waals surface area contributed by atoms with Crippen LogP contribution in [0.4, 0.5) is 0 Å². The molecular formula is C15H29N3O2. The van der Waals surface area contributed by atoms with Crippen molar-refractivity contribution < 1.29 is 9.59 Å². The molecule has 0 bridgehead atoms. The standard InChI is InChI=1S/C15H29N3O2/c1-4-17(5-2)14(19)6-7-15(20)18-10-8-13(9-11-18)12-16-3/h13,16H,4-12H2,1-3H3. The van der Waals surface area contributed by atoms with Crippen LogP contribution in [0.15, 0.2) is 0 Å². The summed E-state index contributed by atoms with van der Waals surface area (Å²) in [5.74, 6) is 0.906. The van der Waals surface area contributed by atoms with Crippen molar-refractivity contribution in [3.8, 4) is 0 Å². The number of hydrogen-bond donors (Lipinski definition) is 1. The molecule has 1 rings (SSSR count). The number of amides is 2. The Hall–Kier alpha value is -1.10. The van der Waals surface area contributed by atoms with Crippen LogP contribution in [0.25, 0.3) is 0 Å². The highest BCUT2D eigenvalue weighted by atomic mass is 16.2. The van der Waals surface area contributed by atoms with Crippen LogP contribution in [-0.2, 0) is 9.59 Å². The van der Waals surface area contributed by atoms with Gasteiger partial charge in [-0.2, -0.15) is 0 Å². The molecule has 1 aliphatic rings. The van der Waals surface area contributed by atoms with E-state index in [-0.39, 0.29) is 11.8 Å². The number of likely N-dealkylation sites (tertiary alicyclic amines) is 1. The first-order valence-corrected chi connectivity index (χ1v) is 7.82. The lowest BCUT2D eigenvalue weighted by molar-refractivity contribution is -0.137. The second-order valence-electron chi connectivity index (χ2n) is 5.45. The van der Waals surface area contributed by atoms with E-state index in [0.717, 1.165) is 45.6 Å². The van der Waals surface area contributed by atoms with Crippen molar-refractivity contribution in [1.82, 2.24) is 15.1 Å². The quantitative estimate of drug-likeness (QED) is 0.761. The Morgan fingerprint density at radius 1 is 1.15 bits per heavy atom. The van der Waals surface area contributed by atoms with Gasteiger partial charge >= 0.3 is 0 Å². The van der Waals surface area contributed by atoms with Gasteiger partial charge in [-0.25, -0.2) is 0 Å². The average Bonchev–Trinajstić information content (AvgIpc) is 2.47. The van der Waals surface area contributed by atoms with E-state index in [1.165, 1.54) is 0 Å². The van der Waals surface area contributed by atoms with Crippen molar-refractivity contribution in [2.45, 2.75) is 39.5 Å². The van der Waals surface area contributed by atoms with Gasteiger partial charge in [-0.05, 0) is 46.2 Å². The lowest BCUT2D eigenvalue weighted by Crippen LogP contribution is -2.41. The second kappa shape index (κ2) is 8.95. The molecule has 0 aromatic carbocycles. The maximum atomic E-state index is 12.1. The van der Waals surface area contributed by atoms with Crippen molar-refractivity contribution in [3.05, 3.63) is 0 Å². The fourth-order valence-electron chi connectivity index (χ4n) is 2.78. The van der Waals surface area contributed by atoms with Crippen molar-refractivity contribution in [1.29, 1.82) is 0 Å². The average molecular weight is 283 g/mol. The van der Waals surface area contributed by atoms with Crippen molar-refractivity contribution in [2.75, 3.05) is 39.8 Å². The van der Waals surface area contributed by atoms with Gasteiger partial charge in [0, 0.05) is 39.0 Å². The van der Waals surface area contributed by atoms with Gasteiger partial charge in [0.2, 0.25) is 11.8 Å². The van der Waals surface area contributed by atoms with Crippen molar-refractivity contribution in [3.63, 3.8) is 0 Å². The Bertz CT molecular complexity index is 308. The summed E-state index contributed by atoms with van der Waals surface area (Å²) in [6, 6.07) is 0. The highest BCUT2D eigenvalue weighted by Gasteiger charge is 2.23. The predicted molar refractivity (Wildman–Crippen MR) is 80.4 cm³/mol. The maximum absolute atomic E-state index is 12.1. The maximum Gasteiger partial charge on any atom is 0.223 e. The fourth-order valence-corrected chi connectivity index (χ4v) is 2.78. The van der Waals surface area contributed by atoms with Gasteiger partial charge in [0.05, 0.1) is 0 Å². The van der Waals surface area contributed by atoms with Crippen LogP contribution in [0.5, 0.6) is 0 Å². The van der Waals surface area contributed by atoms with E-state index in [9.17, 15) is 9.59 Å². The van der Waals surface area contributed by atoms with Crippen LogP contribution in [0, 0.1) is 5.92 Å². The Morgan fingerprint density at radius 3 is 2.25 bits per heavy atom. The minimum atomic E-state index is 0.0911. The highest BCUT2D eigenvalue weighted by Crippen LogP contribution is 2.17. The molecule has 1 saturated heterocycles. The summed E-state index contributed by atoms with van der Waals surface area (Å²) >= 11 is 0. The van der Waals surface area contributed by atoms with E-state index < -0.39 is 0 Å². The molecule has 0 unspecified atom stereocenters. The topological polar surface area (TPSA) is 52.7 Å². The largest absolute Gasteiger partial charge is 0.343 e. The van der Waals surface area contributed by atoms with Crippen LogP contribution in [-0.4, -0.2) is 61.4 Å². The summed E-state index contributed by atoms with van der Waals surface area (Å²) in [7, 11) is 1.97. The summed E-state index contributed by atoms with van der Waals surface area (Å²) in [6.45, 7) is 8.08. The number of carbonyl (C=O) groups is 2. The van der Waals surface area contributed by atoms with Gasteiger partial charge in [0.1, 0.15) is 0 Å². The molecule has 1 N–H and O–H groups in total. The van der Waals surface area contributed by atoms with E-state index in [4.69, 9.17) is 0 Å². The molecule has 0 spiro atoms. The zero-order valence-corrected chi connectivity index (χ0v) is 13.2. The van der Waals surface area contributed by atoms with Crippen molar-refractivity contribution in [2.24, 2.45) is 5.92 Å². The van der Waals surface area contributed by atoms with Crippen LogP contribution < -0.4 is 5.32 Å². The lowest BCUT2D eigenvalue weighted by atomic mass is 9.96. The SMILES string of the molecule is CCN(CC)C(=O)CCC(=O)N1CCC(CNC)CC1. The fraction of sp³-hybridized carbons (Fsp3) is 0.867. The lowest BCUT2D eigenvalue weighted by Gasteiger charge is -2.32. The highest BCUT2D eigenvalue weighted by molar-refractivity contribution is 5.83. The Kier molecular flexibility index (Phi) is 7.59.